The molecule has 0 aliphatic carbocycles. The van der Waals surface area contributed by atoms with Gasteiger partial charge < -0.3 is 14.8 Å². The summed E-state index contributed by atoms with van der Waals surface area (Å²) < 4.78 is 25.9. The zero-order chi connectivity index (χ0) is 20.3. The Balaban J connectivity index is 1.74. The van der Waals surface area contributed by atoms with Gasteiger partial charge in [-0.15, -0.1) is 0 Å². The molecule has 0 bridgehead atoms. The number of benzene rings is 2. The fraction of sp³-hybridized carbons (Fsp3) is 0.435. The number of aryl methyl sites for hydroxylation is 2. The van der Waals surface area contributed by atoms with Crippen molar-refractivity contribution < 1.29 is 13.9 Å². The second-order valence-electron chi connectivity index (χ2n) is 8.06. The van der Waals surface area contributed by atoms with E-state index in [1.165, 1.54) is 12.1 Å². The van der Waals surface area contributed by atoms with Crippen molar-refractivity contribution in [2.45, 2.75) is 58.7 Å². The lowest BCUT2D eigenvalue weighted by molar-refractivity contribution is -0.0225. The third-order valence-electron chi connectivity index (χ3n) is 5.08. The van der Waals surface area contributed by atoms with Gasteiger partial charge in [-0.2, -0.15) is 5.26 Å². The van der Waals surface area contributed by atoms with Gasteiger partial charge in [0.1, 0.15) is 23.2 Å². The first-order valence-corrected chi connectivity index (χ1v) is 9.66. The number of hydrogen-bond acceptors (Lipinski definition) is 4. The molecule has 1 heterocycles. The maximum absolute atomic E-state index is 14.2. The van der Waals surface area contributed by atoms with E-state index in [2.05, 4.69) is 25.2 Å². The van der Waals surface area contributed by atoms with Crippen molar-refractivity contribution in [2.75, 3.05) is 11.9 Å². The van der Waals surface area contributed by atoms with E-state index in [-0.39, 0.29) is 17.5 Å². The summed E-state index contributed by atoms with van der Waals surface area (Å²) in [5.41, 5.74) is 3.61. The van der Waals surface area contributed by atoms with Crippen LogP contribution >= 0.6 is 0 Å². The highest BCUT2D eigenvalue weighted by atomic mass is 19.1. The lowest BCUT2D eigenvalue weighted by atomic mass is 10.0. The molecule has 0 aromatic heterocycles. The number of hydrogen-bond donors (Lipinski definition) is 1. The Morgan fingerprint density at radius 2 is 2.04 bits per heavy atom. The molecule has 1 saturated heterocycles. The second-order valence-corrected chi connectivity index (χ2v) is 8.06. The molecule has 0 saturated carbocycles. The van der Waals surface area contributed by atoms with Gasteiger partial charge in [0.25, 0.3) is 0 Å². The standard InChI is InChI=1S/C23H27FN2O2/c1-15-5-6-20(16(2)11-15)26-21-12-17(24)13-22(19(21)14-25)27-10-8-18-7-9-23(3,4)28-18/h5-6,11-13,18,26H,7-10H2,1-4H3. The lowest BCUT2D eigenvalue weighted by Crippen LogP contribution is -2.21. The molecule has 5 heteroatoms. The third-order valence-corrected chi connectivity index (χ3v) is 5.08. The number of rotatable bonds is 6. The first-order chi connectivity index (χ1) is 13.3. The molecule has 0 radical (unpaired) electrons. The number of nitrogens with zero attached hydrogens (tertiary/aromatic N) is 1. The Labute approximate surface area is 166 Å². The fourth-order valence-electron chi connectivity index (χ4n) is 3.59. The highest BCUT2D eigenvalue weighted by molar-refractivity contribution is 5.72. The fourth-order valence-corrected chi connectivity index (χ4v) is 3.59. The molecule has 148 valence electrons. The molecule has 3 rings (SSSR count). The summed E-state index contributed by atoms with van der Waals surface area (Å²) in [6, 6.07) is 10.7. The van der Waals surface area contributed by atoms with Gasteiger partial charge in [0, 0.05) is 18.2 Å². The number of nitriles is 1. The Morgan fingerprint density at radius 3 is 2.68 bits per heavy atom. The Hall–Kier alpha value is -2.58. The SMILES string of the molecule is Cc1ccc(Nc2cc(F)cc(OCCC3CCC(C)(C)O3)c2C#N)c(C)c1. The average molecular weight is 382 g/mol. The minimum absolute atomic E-state index is 0.0929. The Bertz CT molecular complexity index is 902. The van der Waals surface area contributed by atoms with E-state index in [4.69, 9.17) is 9.47 Å². The monoisotopic (exact) mass is 382 g/mol. The molecule has 0 spiro atoms. The summed E-state index contributed by atoms with van der Waals surface area (Å²) in [6.07, 6.45) is 2.86. The van der Waals surface area contributed by atoms with E-state index in [9.17, 15) is 9.65 Å². The van der Waals surface area contributed by atoms with Gasteiger partial charge in [-0.3, -0.25) is 0 Å². The van der Waals surface area contributed by atoms with Gasteiger partial charge in [0.05, 0.1) is 24.0 Å². The van der Waals surface area contributed by atoms with Crippen LogP contribution in [-0.2, 0) is 4.74 Å². The Kier molecular flexibility index (Phi) is 5.90. The summed E-state index contributed by atoms with van der Waals surface area (Å²) in [4.78, 5) is 0. The first kappa shape index (κ1) is 20.2. The van der Waals surface area contributed by atoms with E-state index in [1.54, 1.807) is 0 Å². The normalized spacial score (nSPS) is 17.9. The van der Waals surface area contributed by atoms with Crippen LogP contribution in [-0.4, -0.2) is 18.3 Å². The molecule has 2 aromatic carbocycles. The number of nitrogens with one attached hydrogen (secondary N) is 1. The number of halogens is 1. The molecule has 28 heavy (non-hydrogen) atoms. The van der Waals surface area contributed by atoms with E-state index < -0.39 is 5.82 Å². The van der Waals surface area contributed by atoms with Crippen LogP contribution in [0.25, 0.3) is 0 Å². The van der Waals surface area contributed by atoms with E-state index >= 15 is 0 Å². The third kappa shape index (κ3) is 4.82. The summed E-state index contributed by atoms with van der Waals surface area (Å²) in [6.45, 7) is 8.53. The zero-order valence-electron chi connectivity index (χ0n) is 16.9. The van der Waals surface area contributed by atoms with Gasteiger partial charge in [0.15, 0.2) is 0 Å². The number of ether oxygens (including phenoxy) is 2. The van der Waals surface area contributed by atoms with Crippen molar-refractivity contribution in [1.82, 2.24) is 0 Å². The van der Waals surface area contributed by atoms with Crippen LogP contribution in [0, 0.1) is 31.0 Å². The molecule has 0 amide bonds. The topological polar surface area (TPSA) is 54.3 Å². The average Bonchev–Trinajstić information content (AvgIpc) is 2.96. The van der Waals surface area contributed by atoms with Crippen LogP contribution in [0.2, 0.25) is 0 Å². The van der Waals surface area contributed by atoms with E-state index in [1.807, 2.05) is 32.0 Å². The molecule has 1 aliphatic heterocycles. The van der Waals surface area contributed by atoms with Gasteiger partial charge in [-0.05, 0) is 58.2 Å². The van der Waals surface area contributed by atoms with Crippen LogP contribution in [0.1, 0.15) is 49.8 Å². The van der Waals surface area contributed by atoms with Crippen LogP contribution in [0.3, 0.4) is 0 Å². The predicted octanol–water partition coefficient (Wildman–Crippen LogP) is 5.78. The molecule has 1 atom stereocenters. The molecule has 1 fully saturated rings. The summed E-state index contributed by atoms with van der Waals surface area (Å²) in [5, 5.41) is 12.8. The number of anilines is 2. The summed E-state index contributed by atoms with van der Waals surface area (Å²) in [7, 11) is 0. The van der Waals surface area contributed by atoms with Crippen molar-refractivity contribution >= 4 is 11.4 Å². The highest BCUT2D eigenvalue weighted by Gasteiger charge is 2.31. The lowest BCUT2D eigenvalue weighted by Gasteiger charge is -2.19. The molecular weight excluding hydrogens is 355 g/mol. The van der Waals surface area contributed by atoms with Crippen LogP contribution in [0.4, 0.5) is 15.8 Å². The van der Waals surface area contributed by atoms with Gasteiger partial charge in [0.2, 0.25) is 0 Å². The summed E-state index contributed by atoms with van der Waals surface area (Å²) >= 11 is 0. The maximum atomic E-state index is 14.2. The van der Waals surface area contributed by atoms with Crippen molar-refractivity contribution in [3.05, 3.63) is 52.8 Å². The molecule has 2 aromatic rings. The van der Waals surface area contributed by atoms with Crippen molar-refractivity contribution in [2.24, 2.45) is 0 Å². The van der Waals surface area contributed by atoms with Crippen LogP contribution in [0.5, 0.6) is 5.75 Å². The van der Waals surface area contributed by atoms with Gasteiger partial charge in [-0.25, -0.2) is 4.39 Å². The van der Waals surface area contributed by atoms with Crippen molar-refractivity contribution in [3.8, 4) is 11.8 Å². The minimum Gasteiger partial charge on any atom is -0.492 e. The smallest absolute Gasteiger partial charge is 0.142 e. The quantitative estimate of drug-likeness (QED) is 0.687. The zero-order valence-corrected chi connectivity index (χ0v) is 16.9. The molecule has 1 unspecified atom stereocenters. The Morgan fingerprint density at radius 1 is 1.25 bits per heavy atom. The second kappa shape index (κ2) is 8.20. The van der Waals surface area contributed by atoms with Crippen LogP contribution < -0.4 is 10.1 Å². The van der Waals surface area contributed by atoms with E-state index in [0.29, 0.717) is 24.3 Å². The maximum Gasteiger partial charge on any atom is 0.142 e. The largest absolute Gasteiger partial charge is 0.492 e. The molecule has 1 aliphatic rings. The van der Waals surface area contributed by atoms with E-state index in [0.717, 1.165) is 29.7 Å². The first-order valence-electron chi connectivity index (χ1n) is 9.66. The summed E-state index contributed by atoms with van der Waals surface area (Å²) in [5.74, 6) is -0.188. The highest BCUT2D eigenvalue weighted by Crippen LogP contribution is 2.33. The predicted molar refractivity (Wildman–Crippen MR) is 109 cm³/mol. The van der Waals surface area contributed by atoms with Crippen molar-refractivity contribution in [3.63, 3.8) is 0 Å². The van der Waals surface area contributed by atoms with Crippen LogP contribution in [0.15, 0.2) is 30.3 Å². The van der Waals surface area contributed by atoms with Crippen molar-refractivity contribution in [1.29, 1.82) is 5.26 Å². The van der Waals surface area contributed by atoms with Gasteiger partial charge in [-0.1, -0.05) is 17.7 Å². The molecular formula is C23H27FN2O2. The minimum atomic E-state index is -0.445. The molecule has 4 nitrogen and oxygen atoms in total. The molecule has 1 N–H and O–H groups in total. The van der Waals surface area contributed by atoms with Gasteiger partial charge >= 0.3 is 0 Å².